The lowest BCUT2D eigenvalue weighted by Crippen LogP contribution is -2.51. The van der Waals surface area contributed by atoms with Crippen molar-refractivity contribution in [2.75, 3.05) is 18.4 Å². The second-order valence-electron chi connectivity index (χ2n) is 8.61. The average Bonchev–Trinajstić information content (AvgIpc) is 3.06. The lowest BCUT2D eigenvalue weighted by Gasteiger charge is -2.45. The van der Waals surface area contributed by atoms with Crippen molar-refractivity contribution in [2.45, 2.75) is 57.9 Å². The first kappa shape index (κ1) is 18.5. The summed E-state index contributed by atoms with van der Waals surface area (Å²) in [5.41, 5.74) is 6.36. The Labute approximate surface area is 160 Å². The van der Waals surface area contributed by atoms with E-state index >= 15 is 0 Å². The molecule has 3 fully saturated rings. The molecule has 7 heteroatoms. The van der Waals surface area contributed by atoms with Gasteiger partial charge < -0.3 is 20.5 Å². The minimum absolute atomic E-state index is 0.0337. The van der Waals surface area contributed by atoms with Crippen molar-refractivity contribution in [2.24, 2.45) is 29.4 Å². The number of fused-ring (bicyclic) bond motifs is 2. The number of likely N-dealkylation sites (tertiary alicyclic amines) is 1. The second-order valence-corrected chi connectivity index (χ2v) is 8.61. The number of rotatable bonds is 3. The van der Waals surface area contributed by atoms with Gasteiger partial charge in [0.25, 0.3) is 0 Å². The largest absolute Gasteiger partial charge is 0.360 e. The van der Waals surface area contributed by atoms with Crippen LogP contribution in [0.15, 0.2) is 10.6 Å². The third kappa shape index (κ3) is 3.88. The Morgan fingerprint density at radius 2 is 1.81 bits per heavy atom. The number of aromatic nitrogens is 1. The second kappa shape index (κ2) is 7.62. The van der Waals surface area contributed by atoms with Crippen LogP contribution in [0.4, 0.5) is 5.82 Å². The summed E-state index contributed by atoms with van der Waals surface area (Å²) in [6.07, 6.45) is 6.90. The van der Waals surface area contributed by atoms with Crippen molar-refractivity contribution in [3.05, 3.63) is 11.8 Å². The summed E-state index contributed by atoms with van der Waals surface area (Å²) >= 11 is 0. The van der Waals surface area contributed by atoms with Crippen molar-refractivity contribution >= 4 is 17.6 Å². The highest BCUT2D eigenvalue weighted by atomic mass is 16.5. The molecular weight excluding hydrogens is 344 g/mol. The Hall–Kier alpha value is -1.89. The van der Waals surface area contributed by atoms with Gasteiger partial charge in [-0.25, -0.2) is 0 Å². The predicted molar refractivity (Wildman–Crippen MR) is 101 cm³/mol. The molecule has 27 heavy (non-hydrogen) atoms. The molecule has 2 unspecified atom stereocenters. The molecule has 1 saturated heterocycles. The summed E-state index contributed by atoms with van der Waals surface area (Å²) in [5.74, 6) is 2.46. The number of nitrogens with zero attached hydrogens (tertiary/aromatic N) is 2. The molecule has 1 aliphatic heterocycles. The zero-order valence-corrected chi connectivity index (χ0v) is 16.0. The van der Waals surface area contributed by atoms with Crippen molar-refractivity contribution in [1.82, 2.24) is 10.1 Å². The van der Waals surface area contributed by atoms with Gasteiger partial charge in [0.15, 0.2) is 5.82 Å². The number of anilines is 1. The first-order valence-corrected chi connectivity index (χ1v) is 10.3. The van der Waals surface area contributed by atoms with Crippen LogP contribution in [0.25, 0.3) is 0 Å². The van der Waals surface area contributed by atoms with Gasteiger partial charge >= 0.3 is 0 Å². The van der Waals surface area contributed by atoms with Gasteiger partial charge in [-0.15, -0.1) is 0 Å². The third-order valence-electron chi connectivity index (χ3n) is 6.82. The zero-order valence-electron chi connectivity index (χ0n) is 16.0. The van der Waals surface area contributed by atoms with Crippen molar-refractivity contribution in [3.8, 4) is 0 Å². The zero-order chi connectivity index (χ0) is 19.0. The number of aryl methyl sites for hydroxylation is 1. The SMILES string of the molecule is Cc1cc(NC(=O)C2CCN(C(=O)C3CC4CCCC(C3)C4N)CC2)no1. The highest BCUT2D eigenvalue weighted by molar-refractivity contribution is 5.91. The standard InChI is InChI=1S/C20H30N4O3/c1-12-9-17(23-27-12)22-19(25)13-5-7-24(8-6-13)20(26)16-10-14-3-2-4-15(11-16)18(14)21/h9,13-16,18H,2-8,10-11,21H2,1H3,(H,22,23,25). The normalized spacial score (nSPS) is 31.6. The summed E-state index contributed by atoms with van der Waals surface area (Å²) in [6.45, 7) is 3.11. The molecule has 0 aromatic carbocycles. The van der Waals surface area contributed by atoms with Crippen LogP contribution < -0.4 is 11.1 Å². The molecule has 0 radical (unpaired) electrons. The maximum Gasteiger partial charge on any atom is 0.228 e. The molecule has 148 valence electrons. The predicted octanol–water partition coefficient (Wildman–Crippen LogP) is 2.31. The van der Waals surface area contributed by atoms with E-state index in [2.05, 4.69) is 10.5 Å². The van der Waals surface area contributed by atoms with Crippen LogP contribution >= 0.6 is 0 Å². The molecule has 0 spiro atoms. The van der Waals surface area contributed by atoms with Crippen LogP contribution in [-0.4, -0.2) is 41.0 Å². The number of nitrogens with two attached hydrogens (primary N) is 1. The summed E-state index contributed by atoms with van der Waals surface area (Å²) in [4.78, 5) is 27.4. The number of hydrogen-bond acceptors (Lipinski definition) is 5. The molecule has 3 N–H and O–H groups in total. The molecule has 3 aliphatic rings. The van der Waals surface area contributed by atoms with Gasteiger partial charge in [0.1, 0.15) is 5.76 Å². The Morgan fingerprint density at radius 1 is 1.15 bits per heavy atom. The van der Waals surface area contributed by atoms with E-state index in [1.165, 1.54) is 19.3 Å². The molecule has 2 saturated carbocycles. The lowest BCUT2D eigenvalue weighted by atomic mass is 9.65. The molecule has 2 atom stereocenters. The summed E-state index contributed by atoms with van der Waals surface area (Å²) in [6, 6.07) is 2.00. The number of carbonyl (C=O) groups excluding carboxylic acids is 2. The van der Waals surface area contributed by atoms with Gasteiger partial charge in [-0.05, 0) is 57.3 Å². The maximum atomic E-state index is 13.0. The summed E-state index contributed by atoms with van der Waals surface area (Å²) in [5, 5.41) is 6.62. The Balaban J connectivity index is 1.28. The first-order valence-electron chi connectivity index (χ1n) is 10.3. The van der Waals surface area contributed by atoms with E-state index in [1.807, 2.05) is 4.90 Å². The van der Waals surface area contributed by atoms with Crippen LogP contribution in [0.5, 0.6) is 0 Å². The van der Waals surface area contributed by atoms with Gasteiger partial charge in [-0.3, -0.25) is 9.59 Å². The van der Waals surface area contributed by atoms with Crippen LogP contribution in [-0.2, 0) is 9.59 Å². The molecule has 2 aliphatic carbocycles. The van der Waals surface area contributed by atoms with Crippen molar-refractivity contribution < 1.29 is 14.1 Å². The van der Waals surface area contributed by atoms with E-state index in [-0.39, 0.29) is 29.7 Å². The minimum Gasteiger partial charge on any atom is -0.360 e. The number of nitrogens with one attached hydrogen (secondary N) is 1. The molecule has 2 bridgehead atoms. The van der Waals surface area contributed by atoms with Gasteiger partial charge in [0.05, 0.1) is 0 Å². The fourth-order valence-corrected chi connectivity index (χ4v) is 5.26. The van der Waals surface area contributed by atoms with E-state index in [0.29, 0.717) is 49.3 Å². The van der Waals surface area contributed by atoms with Crippen LogP contribution in [0.1, 0.15) is 50.7 Å². The Bertz CT molecular complexity index is 681. The van der Waals surface area contributed by atoms with Crippen LogP contribution in [0, 0.1) is 30.6 Å². The number of hydrogen-bond donors (Lipinski definition) is 2. The average molecular weight is 374 g/mol. The minimum atomic E-state index is -0.0785. The van der Waals surface area contributed by atoms with Gasteiger partial charge in [0, 0.05) is 37.0 Å². The highest BCUT2D eigenvalue weighted by Gasteiger charge is 2.42. The molecule has 1 aromatic rings. The van der Waals surface area contributed by atoms with Crippen LogP contribution in [0.2, 0.25) is 0 Å². The number of piperidine rings is 1. The summed E-state index contributed by atoms with van der Waals surface area (Å²) in [7, 11) is 0. The van der Waals surface area contributed by atoms with E-state index < -0.39 is 0 Å². The molecule has 2 amide bonds. The van der Waals surface area contributed by atoms with Gasteiger partial charge in [0.2, 0.25) is 11.8 Å². The molecule has 2 heterocycles. The van der Waals surface area contributed by atoms with Crippen molar-refractivity contribution in [3.63, 3.8) is 0 Å². The van der Waals surface area contributed by atoms with E-state index in [9.17, 15) is 9.59 Å². The molecule has 7 nitrogen and oxygen atoms in total. The smallest absolute Gasteiger partial charge is 0.228 e. The van der Waals surface area contributed by atoms with E-state index in [4.69, 9.17) is 10.3 Å². The molecule has 1 aromatic heterocycles. The quantitative estimate of drug-likeness (QED) is 0.845. The monoisotopic (exact) mass is 374 g/mol. The topological polar surface area (TPSA) is 101 Å². The van der Waals surface area contributed by atoms with Crippen molar-refractivity contribution in [1.29, 1.82) is 0 Å². The lowest BCUT2D eigenvalue weighted by molar-refractivity contribution is -0.141. The maximum absolute atomic E-state index is 13.0. The van der Waals surface area contributed by atoms with Crippen LogP contribution in [0.3, 0.4) is 0 Å². The Morgan fingerprint density at radius 3 is 2.41 bits per heavy atom. The van der Waals surface area contributed by atoms with Gasteiger partial charge in [-0.2, -0.15) is 0 Å². The first-order chi connectivity index (χ1) is 13.0. The highest BCUT2D eigenvalue weighted by Crippen LogP contribution is 2.42. The molecule has 4 rings (SSSR count). The summed E-state index contributed by atoms with van der Waals surface area (Å²) < 4.78 is 4.98. The third-order valence-corrected chi connectivity index (χ3v) is 6.82. The fourth-order valence-electron chi connectivity index (χ4n) is 5.26. The number of amides is 2. The molecular formula is C20H30N4O3. The van der Waals surface area contributed by atoms with Gasteiger partial charge in [-0.1, -0.05) is 11.6 Å². The van der Waals surface area contributed by atoms with E-state index in [0.717, 1.165) is 12.8 Å². The van der Waals surface area contributed by atoms with E-state index in [1.54, 1.807) is 13.0 Å². The number of carbonyl (C=O) groups is 2. The fraction of sp³-hybridized carbons (Fsp3) is 0.750. The Kier molecular flexibility index (Phi) is 5.21.